The summed E-state index contributed by atoms with van der Waals surface area (Å²) in [4.78, 5) is 6.96. The molecule has 0 bridgehead atoms. The van der Waals surface area contributed by atoms with Crippen molar-refractivity contribution in [2.75, 3.05) is 46.9 Å². The second-order valence-electron chi connectivity index (χ2n) is 6.42. The first-order chi connectivity index (χ1) is 12.7. The third-order valence-electron chi connectivity index (χ3n) is 4.34. The number of aryl methyl sites for hydroxylation is 1. The third kappa shape index (κ3) is 7.67. The number of halogens is 1. The van der Waals surface area contributed by atoms with Crippen molar-refractivity contribution >= 4 is 40.9 Å². The fraction of sp³-hybridized carbons (Fsp3) is 0.550. The molecule has 1 aromatic carbocycles. The third-order valence-corrected chi connectivity index (χ3v) is 4.34. The van der Waals surface area contributed by atoms with Crippen LogP contribution in [0.2, 0.25) is 0 Å². The van der Waals surface area contributed by atoms with E-state index in [4.69, 9.17) is 9.15 Å². The second kappa shape index (κ2) is 13.0. The fourth-order valence-electron chi connectivity index (χ4n) is 2.82. The number of furan rings is 1. The summed E-state index contributed by atoms with van der Waals surface area (Å²) in [6, 6.07) is 8.11. The largest absolute Gasteiger partial charge is 0.459 e. The molecule has 0 atom stereocenters. The molecule has 0 radical (unpaired) electrons. The number of nitrogens with one attached hydrogen (secondary N) is 2. The van der Waals surface area contributed by atoms with E-state index in [0.717, 1.165) is 67.5 Å². The van der Waals surface area contributed by atoms with Crippen molar-refractivity contribution in [3.8, 4) is 0 Å². The summed E-state index contributed by atoms with van der Waals surface area (Å²) < 4.78 is 11.0. The number of likely N-dealkylation sites (N-methyl/N-ethyl adjacent to an activating group) is 1. The van der Waals surface area contributed by atoms with Crippen LogP contribution in [0.4, 0.5) is 0 Å². The highest BCUT2D eigenvalue weighted by Crippen LogP contribution is 2.25. The van der Waals surface area contributed by atoms with Gasteiger partial charge in [-0.15, -0.1) is 24.0 Å². The summed E-state index contributed by atoms with van der Waals surface area (Å²) in [6.45, 7) is 9.15. The van der Waals surface area contributed by atoms with Gasteiger partial charge in [0.05, 0.1) is 0 Å². The Hall–Kier alpha value is -1.32. The van der Waals surface area contributed by atoms with Gasteiger partial charge in [0.15, 0.2) is 5.96 Å². The first-order valence-electron chi connectivity index (χ1n) is 9.32. The van der Waals surface area contributed by atoms with Gasteiger partial charge >= 0.3 is 0 Å². The Morgan fingerprint density at radius 1 is 1.22 bits per heavy atom. The van der Waals surface area contributed by atoms with E-state index in [0.29, 0.717) is 6.54 Å². The molecule has 0 aliphatic carbocycles. The van der Waals surface area contributed by atoms with Crippen molar-refractivity contribution in [1.82, 2.24) is 15.5 Å². The molecule has 0 unspecified atom stereocenters. The molecule has 27 heavy (non-hydrogen) atoms. The van der Waals surface area contributed by atoms with Gasteiger partial charge in [0.25, 0.3) is 0 Å². The maximum atomic E-state index is 5.94. The Morgan fingerprint density at radius 2 is 2.00 bits per heavy atom. The number of ether oxygens (including phenoxy) is 1. The monoisotopic (exact) mass is 488 g/mol. The Kier molecular flexibility index (Phi) is 11.4. The maximum absolute atomic E-state index is 5.94. The van der Waals surface area contributed by atoms with Crippen LogP contribution in [0.15, 0.2) is 33.7 Å². The highest BCUT2D eigenvalue weighted by Gasteiger charge is 2.09. The van der Waals surface area contributed by atoms with Gasteiger partial charge in [-0.25, -0.2) is 4.99 Å². The lowest BCUT2D eigenvalue weighted by atomic mass is 10.1. The van der Waals surface area contributed by atoms with E-state index in [1.54, 1.807) is 7.11 Å². The van der Waals surface area contributed by atoms with Gasteiger partial charge in [-0.05, 0) is 33.4 Å². The van der Waals surface area contributed by atoms with Gasteiger partial charge in [0.2, 0.25) is 0 Å². The van der Waals surface area contributed by atoms with E-state index in [1.807, 2.05) is 18.2 Å². The lowest BCUT2D eigenvalue weighted by Gasteiger charge is -2.18. The smallest absolute Gasteiger partial charge is 0.191 e. The summed E-state index contributed by atoms with van der Waals surface area (Å²) in [5, 5.41) is 7.84. The van der Waals surface area contributed by atoms with Crippen molar-refractivity contribution in [2.45, 2.75) is 26.8 Å². The van der Waals surface area contributed by atoms with Crippen LogP contribution in [0.25, 0.3) is 11.0 Å². The van der Waals surface area contributed by atoms with Crippen molar-refractivity contribution in [2.24, 2.45) is 4.99 Å². The molecule has 0 saturated carbocycles. The summed E-state index contributed by atoms with van der Waals surface area (Å²) in [7, 11) is 3.86. The Balaban J connectivity index is 0.00000364. The van der Waals surface area contributed by atoms with Crippen LogP contribution in [0.3, 0.4) is 0 Å². The lowest BCUT2D eigenvalue weighted by Crippen LogP contribution is -2.41. The molecule has 0 saturated heterocycles. The van der Waals surface area contributed by atoms with Gasteiger partial charge in [0.1, 0.15) is 17.9 Å². The molecule has 2 N–H and O–H groups in total. The normalized spacial score (nSPS) is 11.7. The minimum Gasteiger partial charge on any atom is -0.459 e. The summed E-state index contributed by atoms with van der Waals surface area (Å²) in [5.41, 5.74) is 2.09. The number of para-hydroxylation sites is 1. The molecule has 2 aromatic rings. The molecule has 0 fully saturated rings. The molecule has 6 nitrogen and oxygen atoms in total. The molecule has 0 aliphatic heterocycles. The molecule has 1 aromatic heterocycles. The standard InChI is InChI=1S/C20H32N4O2.HI/c1-5-21-20(22-11-13-24(3)12-8-14-25-4)23-15-19-16(2)17-9-6-7-10-18(17)26-19;/h6-7,9-10H,5,8,11-15H2,1-4H3,(H2,21,22,23);1H. The van der Waals surface area contributed by atoms with Gasteiger partial charge in [-0.3, -0.25) is 0 Å². The van der Waals surface area contributed by atoms with E-state index >= 15 is 0 Å². The zero-order valence-corrected chi connectivity index (χ0v) is 19.2. The number of rotatable bonds is 10. The zero-order valence-electron chi connectivity index (χ0n) is 16.9. The molecule has 0 aliphatic rings. The predicted molar refractivity (Wildman–Crippen MR) is 123 cm³/mol. The quantitative estimate of drug-likeness (QED) is 0.233. The minimum absolute atomic E-state index is 0. The highest BCUT2D eigenvalue weighted by atomic mass is 127. The number of fused-ring (bicyclic) bond motifs is 1. The van der Waals surface area contributed by atoms with E-state index in [9.17, 15) is 0 Å². The molecular formula is C20H33IN4O2. The minimum atomic E-state index is 0. The van der Waals surface area contributed by atoms with E-state index in [-0.39, 0.29) is 24.0 Å². The van der Waals surface area contributed by atoms with Crippen molar-refractivity contribution in [1.29, 1.82) is 0 Å². The molecule has 0 amide bonds. The first-order valence-corrected chi connectivity index (χ1v) is 9.32. The van der Waals surface area contributed by atoms with Crippen LogP contribution in [-0.4, -0.2) is 57.8 Å². The van der Waals surface area contributed by atoms with Crippen LogP contribution in [0, 0.1) is 6.92 Å². The molecular weight excluding hydrogens is 455 g/mol. The van der Waals surface area contributed by atoms with E-state index in [2.05, 4.69) is 47.5 Å². The number of guanidine groups is 1. The van der Waals surface area contributed by atoms with Gasteiger partial charge in [-0.1, -0.05) is 18.2 Å². The van der Waals surface area contributed by atoms with Crippen LogP contribution >= 0.6 is 24.0 Å². The lowest BCUT2D eigenvalue weighted by molar-refractivity contribution is 0.180. The fourth-order valence-corrected chi connectivity index (χ4v) is 2.82. The topological polar surface area (TPSA) is 62.0 Å². The number of nitrogens with zero attached hydrogens (tertiary/aromatic N) is 2. The predicted octanol–water partition coefficient (Wildman–Crippen LogP) is 3.38. The van der Waals surface area contributed by atoms with E-state index < -0.39 is 0 Å². The summed E-state index contributed by atoms with van der Waals surface area (Å²) >= 11 is 0. The molecule has 1 heterocycles. The Bertz CT molecular complexity index is 702. The number of benzene rings is 1. The zero-order chi connectivity index (χ0) is 18.8. The molecule has 2 rings (SSSR count). The van der Waals surface area contributed by atoms with Crippen molar-refractivity contribution in [3.63, 3.8) is 0 Å². The molecule has 152 valence electrons. The van der Waals surface area contributed by atoms with Gasteiger partial charge in [-0.2, -0.15) is 0 Å². The number of aliphatic imine (C=N–C) groups is 1. The van der Waals surface area contributed by atoms with Gasteiger partial charge in [0, 0.05) is 50.8 Å². The highest BCUT2D eigenvalue weighted by molar-refractivity contribution is 14.0. The first kappa shape index (κ1) is 23.7. The number of hydrogen-bond donors (Lipinski definition) is 2. The van der Waals surface area contributed by atoms with Gasteiger partial charge < -0.3 is 24.7 Å². The van der Waals surface area contributed by atoms with Crippen LogP contribution in [0.5, 0.6) is 0 Å². The Morgan fingerprint density at radius 3 is 2.70 bits per heavy atom. The molecule has 0 spiro atoms. The van der Waals surface area contributed by atoms with Crippen LogP contribution < -0.4 is 10.6 Å². The average Bonchev–Trinajstić information content (AvgIpc) is 2.96. The van der Waals surface area contributed by atoms with Crippen molar-refractivity contribution in [3.05, 3.63) is 35.6 Å². The SMILES string of the molecule is CCNC(=NCc1oc2ccccc2c1C)NCCN(C)CCCOC.I. The summed E-state index contributed by atoms with van der Waals surface area (Å²) in [5.74, 6) is 1.73. The van der Waals surface area contributed by atoms with Crippen LogP contribution in [0.1, 0.15) is 24.7 Å². The van der Waals surface area contributed by atoms with E-state index in [1.165, 1.54) is 0 Å². The van der Waals surface area contributed by atoms with Crippen molar-refractivity contribution < 1.29 is 9.15 Å². The van der Waals surface area contributed by atoms with Crippen LogP contribution in [-0.2, 0) is 11.3 Å². The summed E-state index contributed by atoms with van der Waals surface area (Å²) in [6.07, 6.45) is 1.05. The Labute approximate surface area is 179 Å². The molecule has 7 heteroatoms. The average molecular weight is 488 g/mol. The number of hydrogen-bond acceptors (Lipinski definition) is 4. The second-order valence-corrected chi connectivity index (χ2v) is 6.42. The maximum Gasteiger partial charge on any atom is 0.191 e. The number of methoxy groups -OCH3 is 1.